The van der Waals surface area contributed by atoms with Gasteiger partial charge in [0, 0.05) is 0 Å². The second-order valence-corrected chi connectivity index (χ2v) is 4.61. The van der Waals surface area contributed by atoms with Crippen molar-refractivity contribution in [2.75, 3.05) is 0 Å². The normalized spacial score (nSPS) is 22.7. The topological polar surface area (TPSA) is 61.8 Å². The van der Waals surface area contributed by atoms with E-state index >= 15 is 0 Å². The van der Waals surface area contributed by atoms with Crippen LogP contribution in [0.3, 0.4) is 0 Å². The molecule has 1 aromatic rings. The molecule has 0 spiro atoms. The third kappa shape index (κ3) is 2.26. The van der Waals surface area contributed by atoms with Gasteiger partial charge in [-0.3, -0.25) is 4.79 Å². The number of urea groups is 1. The summed E-state index contributed by atoms with van der Waals surface area (Å²) in [4.78, 5) is 23.6. The fraction of sp³-hybridized carbons (Fsp3) is 0.308. The zero-order valence-corrected chi connectivity index (χ0v) is 11.0. The maximum Gasteiger partial charge on any atom is 0.346 e. The van der Waals surface area contributed by atoms with Gasteiger partial charge in [0.05, 0.1) is 11.8 Å². The van der Waals surface area contributed by atoms with Crippen molar-refractivity contribution in [2.45, 2.75) is 25.8 Å². The van der Waals surface area contributed by atoms with Crippen LogP contribution >= 0.6 is 0 Å². The number of carbonyl (C=O) groups excluding carboxylic acids is 2. The van der Waals surface area contributed by atoms with Crippen LogP contribution in [-0.2, 0) is 4.79 Å². The molecule has 1 heterocycles. The molecule has 5 nitrogen and oxygen atoms in total. The molecule has 1 fully saturated rings. The number of benzene rings is 1. The van der Waals surface area contributed by atoms with Gasteiger partial charge in [-0.25, -0.2) is 13.6 Å². The largest absolute Gasteiger partial charge is 0.346 e. The number of imide groups is 1. The first-order valence-corrected chi connectivity index (χ1v) is 6.03. The predicted octanol–water partition coefficient (Wildman–Crippen LogP) is 2.02. The molecule has 106 valence electrons. The molecule has 0 saturated carbocycles. The maximum atomic E-state index is 13.4. The zero-order valence-electron chi connectivity index (χ0n) is 11.0. The Morgan fingerprint density at radius 3 is 2.45 bits per heavy atom. The molecule has 20 heavy (non-hydrogen) atoms. The highest BCUT2D eigenvalue weighted by atomic mass is 19.1. The molecule has 1 aromatic carbocycles. The van der Waals surface area contributed by atoms with E-state index in [0.717, 1.165) is 18.3 Å². The summed E-state index contributed by atoms with van der Waals surface area (Å²) in [7, 11) is 0. The quantitative estimate of drug-likeness (QED) is 0.680. The van der Waals surface area contributed by atoms with Gasteiger partial charge in [0.25, 0.3) is 5.91 Å². The fourth-order valence-electron chi connectivity index (χ4n) is 1.76. The first-order chi connectivity index (χ1) is 9.39. The standard InChI is InChI=1S/C13H13F2N3O2/c1-3-13(2)11(19)18(12(20)17-13)16-7-8-9(14)5-4-6-10(8)15/h4-7H,3H2,1-2H3,(H,17,20)/t13-/m0/s1. The summed E-state index contributed by atoms with van der Waals surface area (Å²) in [6.07, 6.45) is 1.21. The number of hydrazone groups is 1. The van der Waals surface area contributed by atoms with E-state index in [-0.39, 0.29) is 0 Å². The molecule has 0 unspecified atom stereocenters. The molecule has 0 bridgehead atoms. The molecule has 1 aliphatic heterocycles. The Hall–Kier alpha value is -2.31. The van der Waals surface area contributed by atoms with Crippen LogP contribution in [-0.4, -0.2) is 28.7 Å². The lowest BCUT2D eigenvalue weighted by Crippen LogP contribution is -2.42. The minimum atomic E-state index is -1.04. The van der Waals surface area contributed by atoms with Crippen LogP contribution in [0.5, 0.6) is 0 Å². The molecule has 1 atom stereocenters. The smallest absolute Gasteiger partial charge is 0.322 e. The number of rotatable bonds is 3. The summed E-state index contributed by atoms with van der Waals surface area (Å²) in [5.74, 6) is -2.20. The Balaban J connectivity index is 2.29. The third-order valence-corrected chi connectivity index (χ3v) is 3.25. The monoisotopic (exact) mass is 281 g/mol. The number of nitrogens with zero attached hydrogens (tertiary/aromatic N) is 2. The molecule has 0 aromatic heterocycles. The van der Waals surface area contributed by atoms with Crippen LogP contribution in [0.4, 0.5) is 13.6 Å². The summed E-state index contributed by atoms with van der Waals surface area (Å²) in [5, 5.41) is 6.65. The number of amides is 3. The van der Waals surface area contributed by atoms with E-state index in [1.165, 1.54) is 6.07 Å². The highest BCUT2D eigenvalue weighted by Crippen LogP contribution is 2.21. The predicted molar refractivity (Wildman–Crippen MR) is 68.0 cm³/mol. The van der Waals surface area contributed by atoms with Crippen molar-refractivity contribution < 1.29 is 18.4 Å². The average molecular weight is 281 g/mol. The van der Waals surface area contributed by atoms with Gasteiger partial charge in [0.1, 0.15) is 17.2 Å². The summed E-state index contributed by atoms with van der Waals surface area (Å²) >= 11 is 0. The van der Waals surface area contributed by atoms with Crippen LogP contribution in [0.15, 0.2) is 23.3 Å². The zero-order chi connectivity index (χ0) is 14.9. The summed E-state index contributed by atoms with van der Waals surface area (Å²) < 4.78 is 26.8. The van der Waals surface area contributed by atoms with Crippen molar-refractivity contribution in [1.82, 2.24) is 10.3 Å². The van der Waals surface area contributed by atoms with Crippen molar-refractivity contribution in [3.05, 3.63) is 35.4 Å². The van der Waals surface area contributed by atoms with Gasteiger partial charge in [-0.1, -0.05) is 13.0 Å². The first-order valence-electron chi connectivity index (χ1n) is 6.03. The van der Waals surface area contributed by atoms with Crippen molar-refractivity contribution in [3.8, 4) is 0 Å². The van der Waals surface area contributed by atoms with Crippen LogP contribution < -0.4 is 5.32 Å². The summed E-state index contributed by atoms with van der Waals surface area (Å²) in [6, 6.07) is 2.62. The highest BCUT2D eigenvalue weighted by molar-refractivity contribution is 6.07. The van der Waals surface area contributed by atoms with E-state index in [9.17, 15) is 18.4 Å². The van der Waals surface area contributed by atoms with Gasteiger partial charge < -0.3 is 5.32 Å². The SMILES string of the molecule is CC[C@]1(C)NC(=O)N(N=Cc2c(F)cccc2F)C1=O. The Morgan fingerprint density at radius 1 is 1.35 bits per heavy atom. The number of hydrogen-bond acceptors (Lipinski definition) is 3. The van der Waals surface area contributed by atoms with Crippen LogP contribution in [0.2, 0.25) is 0 Å². The van der Waals surface area contributed by atoms with Gasteiger partial charge >= 0.3 is 6.03 Å². The number of hydrogen-bond donors (Lipinski definition) is 1. The minimum absolute atomic E-state index is 0.387. The number of halogens is 2. The molecular formula is C13H13F2N3O2. The van der Waals surface area contributed by atoms with Gasteiger partial charge in [0.2, 0.25) is 0 Å². The lowest BCUT2D eigenvalue weighted by Gasteiger charge is -2.17. The van der Waals surface area contributed by atoms with Gasteiger partial charge in [-0.15, -0.1) is 5.01 Å². The molecule has 3 amide bonds. The molecule has 2 rings (SSSR count). The highest BCUT2D eigenvalue weighted by Gasteiger charge is 2.46. The molecule has 0 radical (unpaired) electrons. The van der Waals surface area contributed by atoms with Gasteiger partial charge in [-0.05, 0) is 25.5 Å². The first kappa shape index (κ1) is 14.1. The second kappa shape index (κ2) is 4.99. The number of carbonyl (C=O) groups is 2. The Morgan fingerprint density at radius 2 is 1.95 bits per heavy atom. The molecule has 1 aliphatic rings. The molecule has 0 aliphatic carbocycles. The molecular weight excluding hydrogens is 268 g/mol. The number of nitrogens with one attached hydrogen (secondary N) is 1. The van der Waals surface area contributed by atoms with E-state index in [2.05, 4.69) is 10.4 Å². The minimum Gasteiger partial charge on any atom is -0.322 e. The van der Waals surface area contributed by atoms with E-state index in [1.54, 1.807) is 13.8 Å². The molecule has 1 saturated heterocycles. The maximum absolute atomic E-state index is 13.4. The van der Waals surface area contributed by atoms with Crippen LogP contribution in [0.25, 0.3) is 0 Å². The summed E-state index contributed by atoms with van der Waals surface area (Å²) in [6.45, 7) is 3.30. The fourth-order valence-corrected chi connectivity index (χ4v) is 1.76. The Bertz CT molecular complexity index is 583. The molecule has 1 N–H and O–H groups in total. The van der Waals surface area contributed by atoms with Crippen LogP contribution in [0, 0.1) is 11.6 Å². The molecule has 7 heteroatoms. The van der Waals surface area contributed by atoms with Crippen molar-refractivity contribution >= 4 is 18.2 Å². The van der Waals surface area contributed by atoms with Crippen LogP contribution in [0.1, 0.15) is 25.8 Å². The van der Waals surface area contributed by atoms with Gasteiger partial charge in [-0.2, -0.15) is 5.10 Å². The van der Waals surface area contributed by atoms with E-state index in [1.807, 2.05) is 0 Å². The van der Waals surface area contributed by atoms with E-state index in [4.69, 9.17) is 0 Å². The lowest BCUT2D eigenvalue weighted by molar-refractivity contribution is -0.130. The van der Waals surface area contributed by atoms with E-state index < -0.39 is 34.7 Å². The van der Waals surface area contributed by atoms with E-state index in [0.29, 0.717) is 11.4 Å². The Kier molecular flexibility index (Phi) is 3.52. The van der Waals surface area contributed by atoms with Gasteiger partial charge in [0.15, 0.2) is 0 Å². The average Bonchev–Trinajstić information content (AvgIpc) is 2.61. The second-order valence-electron chi connectivity index (χ2n) is 4.61. The lowest BCUT2D eigenvalue weighted by atomic mass is 10.00. The van der Waals surface area contributed by atoms with Crippen molar-refractivity contribution in [3.63, 3.8) is 0 Å². The van der Waals surface area contributed by atoms with Crippen molar-refractivity contribution in [2.24, 2.45) is 5.10 Å². The Labute approximate surface area is 114 Å². The summed E-state index contributed by atoms with van der Waals surface area (Å²) in [5.41, 5.74) is -1.44. The third-order valence-electron chi connectivity index (χ3n) is 3.25. The van der Waals surface area contributed by atoms with Crippen molar-refractivity contribution in [1.29, 1.82) is 0 Å².